The summed E-state index contributed by atoms with van der Waals surface area (Å²) in [6, 6.07) is 10.9. The quantitative estimate of drug-likeness (QED) is 0.452. The highest BCUT2D eigenvalue weighted by Crippen LogP contribution is 2.38. The molecule has 1 unspecified atom stereocenters. The lowest BCUT2D eigenvalue weighted by molar-refractivity contribution is 0.0533. The molecule has 1 heterocycles. The van der Waals surface area contributed by atoms with Gasteiger partial charge in [-0.2, -0.15) is 0 Å². The number of sulfone groups is 1. The maximum atomic E-state index is 12.7. The van der Waals surface area contributed by atoms with Crippen molar-refractivity contribution < 1.29 is 17.9 Å². The summed E-state index contributed by atoms with van der Waals surface area (Å²) in [7, 11) is -1.30. The molecule has 0 saturated carbocycles. The molecule has 0 N–H and O–H groups in total. The fourth-order valence-corrected chi connectivity index (χ4v) is 5.72. The minimum atomic E-state index is -3.35. The van der Waals surface area contributed by atoms with Crippen molar-refractivity contribution in [3.63, 3.8) is 0 Å². The van der Waals surface area contributed by atoms with Crippen molar-refractivity contribution in [2.45, 2.75) is 30.7 Å². The van der Waals surface area contributed by atoms with Crippen molar-refractivity contribution in [1.29, 1.82) is 0 Å². The molecule has 170 valence electrons. The number of rotatable bonds is 10. The van der Waals surface area contributed by atoms with Crippen LogP contribution in [0.5, 0.6) is 0 Å². The summed E-state index contributed by atoms with van der Waals surface area (Å²) in [4.78, 5) is 2.54. The summed E-state index contributed by atoms with van der Waals surface area (Å²) < 4.78 is 35.9. The standard InChI is InChI=1S/C23H29Cl2NO4S/c1-3-29-10-11-30-9-4-12-31(27,28)19-7-5-17(6-8-19)21-15-26(2)16-22-20(21)13-18(24)14-23(22)25/h5-8,13-14,21H,3-4,9-12,15-16H2,1-2H3. The molecule has 0 spiro atoms. The fourth-order valence-electron chi connectivity index (χ4n) is 3.87. The van der Waals surface area contributed by atoms with Crippen LogP contribution in [-0.4, -0.2) is 59.1 Å². The van der Waals surface area contributed by atoms with Gasteiger partial charge in [-0.1, -0.05) is 35.3 Å². The number of benzene rings is 2. The van der Waals surface area contributed by atoms with Gasteiger partial charge in [0.25, 0.3) is 0 Å². The van der Waals surface area contributed by atoms with E-state index in [9.17, 15) is 8.42 Å². The Kier molecular flexibility index (Phi) is 8.79. The van der Waals surface area contributed by atoms with E-state index < -0.39 is 9.84 Å². The van der Waals surface area contributed by atoms with E-state index in [1.807, 2.05) is 25.1 Å². The van der Waals surface area contributed by atoms with Crippen molar-refractivity contribution in [3.05, 3.63) is 63.1 Å². The van der Waals surface area contributed by atoms with E-state index >= 15 is 0 Å². The molecule has 0 amide bonds. The molecular formula is C23H29Cl2NO4S. The molecule has 3 rings (SSSR count). The third kappa shape index (κ3) is 6.44. The summed E-state index contributed by atoms with van der Waals surface area (Å²) in [6.45, 7) is 5.56. The number of halogens is 2. The Morgan fingerprint density at radius 3 is 2.48 bits per heavy atom. The zero-order valence-corrected chi connectivity index (χ0v) is 20.3. The van der Waals surface area contributed by atoms with Crippen molar-refractivity contribution in [1.82, 2.24) is 4.90 Å². The van der Waals surface area contributed by atoms with Crippen LogP contribution in [0.15, 0.2) is 41.3 Å². The van der Waals surface area contributed by atoms with Gasteiger partial charge >= 0.3 is 0 Å². The molecule has 0 bridgehead atoms. The highest BCUT2D eigenvalue weighted by atomic mass is 35.5. The Morgan fingerprint density at radius 2 is 1.77 bits per heavy atom. The van der Waals surface area contributed by atoms with Gasteiger partial charge in [-0.3, -0.25) is 0 Å². The highest BCUT2D eigenvalue weighted by molar-refractivity contribution is 7.91. The monoisotopic (exact) mass is 485 g/mol. The minimum Gasteiger partial charge on any atom is -0.379 e. The number of hydrogen-bond donors (Lipinski definition) is 0. The SMILES string of the molecule is CCOCCOCCCS(=O)(=O)c1ccc(C2CN(C)Cc3c(Cl)cc(Cl)cc32)cc1. The van der Waals surface area contributed by atoms with Gasteiger partial charge in [0.2, 0.25) is 0 Å². The second kappa shape index (κ2) is 11.1. The largest absolute Gasteiger partial charge is 0.379 e. The van der Waals surface area contributed by atoms with Crippen LogP contribution in [-0.2, 0) is 25.9 Å². The summed E-state index contributed by atoms with van der Waals surface area (Å²) >= 11 is 12.7. The summed E-state index contributed by atoms with van der Waals surface area (Å²) in [5, 5.41) is 1.28. The molecule has 0 aliphatic carbocycles. The Balaban J connectivity index is 1.68. The molecule has 5 nitrogen and oxygen atoms in total. The van der Waals surface area contributed by atoms with Crippen LogP contribution >= 0.6 is 23.2 Å². The molecule has 1 aliphatic rings. The number of likely N-dealkylation sites (N-methyl/N-ethyl adjacent to an activating group) is 1. The second-order valence-corrected chi connectivity index (χ2v) is 10.7. The molecule has 2 aromatic rings. The van der Waals surface area contributed by atoms with Gasteiger partial charge in [-0.05, 0) is 61.3 Å². The molecule has 2 aromatic carbocycles. The van der Waals surface area contributed by atoms with Crippen molar-refractivity contribution >= 4 is 33.0 Å². The Hall–Kier alpha value is -1.15. The van der Waals surface area contributed by atoms with Crippen LogP contribution < -0.4 is 0 Å². The summed E-state index contributed by atoms with van der Waals surface area (Å²) in [5.41, 5.74) is 3.23. The Morgan fingerprint density at radius 1 is 1.06 bits per heavy atom. The molecule has 0 radical (unpaired) electrons. The number of ether oxygens (including phenoxy) is 2. The van der Waals surface area contributed by atoms with Crippen LogP contribution in [0.3, 0.4) is 0 Å². The van der Waals surface area contributed by atoms with E-state index in [-0.39, 0.29) is 11.7 Å². The van der Waals surface area contributed by atoms with Gasteiger partial charge in [0, 0.05) is 42.3 Å². The van der Waals surface area contributed by atoms with Gasteiger partial charge < -0.3 is 14.4 Å². The first-order valence-electron chi connectivity index (χ1n) is 10.5. The van der Waals surface area contributed by atoms with Gasteiger partial charge in [0.1, 0.15) is 0 Å². The highest BCUT2D eigenvalue weighted by Gasteiger charge is 2.27. The number of nitrogens with zero attached hydrogens (tertiary/aromatic N) is 1. The first kappa shape index (κ1) is 24.5. The predicted octanol–water partition coefficient (Wildman–Crippen LogP) is 4.79. The fraction of sp³-hybridized carbons (Fsp3) is 0.478. The number of hydrogen-bond acceptors (Lipinski definition) is 5. The van der Waals surface area contributed by atoms with Gasteiger partial charge in [-0.25, -0.2) is 8.42 Å². The first-order valence-corrected chi connectivity index (χ1v) is 12.9. The van der Waals surface area contributed by atoms with Crippen molar-refractivity contribution in [2.24, 2.45) is 0 Å². The van der Waals surface area contributed by atoms with Gasteiger partial charge in [0.15, 0.2) is 9.84 Å². The molecular weight excluding hydrogens is 457 g/mol. The van der Waals surface area contributed by atoms with E-state index in [1.54, 1.807) is 18.2 Å². The molecule has 1 aliphatic heterocycles. The normalized spacial score (nSPS) is 17.0. The molecule has 31 heavy (non-hydrogen) atoms. The van der Waals surface area contributed by atoms with E-state index in [1.165, 1.54) is 0 Å². The minimum absolute atomic E-state index is 0.0567. The summed E-state index contributed by atoms with van der Waals surface area (Å²) in [6.07, 6.45) is 0.452. The van der Waals surface area contributed by atoms with E-state index in [2.05, 4.69) is 11.9 Å². The van der Waals surface area contributed by atoms with E-state index in [0.29, 0.717) is 47.8 Å². The average Bonchev–Trinajstić information content (AvgIpc) is 2.73. The van der Waals surface area contributed by atoms with Crippen molar-refractivity contribution in [2.75, 3.05) is 45.8 Å². The third-order valence-electron chi connectivity index (χ3n) is 5.41. The summed E-state index contributed by atoms with van der Waals surface area (Å²) in [5.74, 6) is 0.140. The molecule has 0 aromatic heterocycles. The number of fused-ring (bicyclic) bond motifs is 1. The van der Waals surface area contributed by atoms with Gasteiger partial charge in [0.05, 0.1) is 23.9 Å². The van der Waals surface area contributed by atoms with Crippen LogP contribution in [0.25, 0.3) is 0 Å². The van der Waals surface area contributed by atoms with Gasteiger partial charge in [-0.15, -0.1) is 0 Å². The lowest BCUT2D eigenvalue weighted by Gasteiger charge is -2.33. The van der Waals surface area contributed by atoms with Crippen molar-refractivity contribution in [3.8, 4) is 0 Å². The molecule has 0 fully saturated rings. The zero-order chi connectivity index (χ0) is 22.4. The smallest absolute Gasteiger partial charge is 0.178 e. The average molecular weight is 486 g/mol. The molecule has 8 heteroatoms. The maximum Gasteiger partial charge on any atom is 0.178 e. The van der Waals surface area contributed by atoms with E-state index in [4.69, 9.17) is 32.7 Å². The lowest BCUT2D eigenvalue weighted by Crippen LogP contribution is -2.31. The zero-order valence-electron chi connectivity index (χ0n) is 17.9. The lowest BCUT2D eigenvalue weighted by atomic mass is 9.85. The topological polar surface area (TPSA) is 55.8 Å². The van der Waals surface area contributed by atoms with E-state index in [0.717, 1.165) is 29.8 Å². The molecule has 1 atom stereocenters. The van der Waals surface area contributed by atoms with Crippen LogP contribution in [0, 0.1) is 0 Å². The predicted molar refractivity (Wildman–Crippen MR) is 125 cm³/mol. The Labute approximate surface area is 195 Å². The Bertz CT molecular complexity index is 980. The third-order valence-corrected chi connectivity index (χ3v) is 7.78. The van der Waals surface area contributed by atoms with Crippen LogP contribution in [0.2, 0.25) is 10.0 Å². The van der Waals surface area contributed by atoms with Crippen LogP contribution in [0.1, 0.15) is 36.0 Å². The van der Waals surface area contributed by atoms with Crippen LogP contribution in [0.4, 0.5) is 0 Å². The first-order chi connectivity index (χ1) is 14.8. The second-order valence-electron chi connectivity index (χ2n) is 7.76. The maximum absolute atomic E-state index is 12.7. The molecule has 0 saturated heterocycles.